The summed E-state index contributed by atoms with van der Waals surface area (Å²) in [5.41, 5.74) is 0.0903. The van der Waals surface area contributed by atoms with Crippen LogP contribution in [0, 0.1) is 11.3 Å². The molecule has 1 aromatic rings. The summed E-state index contributed by atoms with van der Waals surface area (Å²) in [4.78, 5) is 2.19. The van der Waals surface area contributed by atoms with Gasteiger partial charge in [-0.1, -0.05) is 25.4 Å². The van der Waals surface area contributed by atoms with E-state index in [0.29, 0.717) is 11.4 Å². The van der Waals surface area contributed by atoms with Gasteiger partial charge in [0.05, 0.1) is 6.07 Å². The molecule has 1 N–H and O–H groups in total. The van der Waals surface area contributed by atoms with E-state index >= 15 is 0 Å². The molecule has 1 aromatic carbocycles. The summed E-state index contributed by atoms with van der Waals surface area (Å²) >= 11 is 5.98. The van der Waals surface area contributed by atoms with Crippen molar-refractivity contribution in [1.82, 2.24) is 4.90 Å². The standard InChI is InChI=1S/C16H23ClN2O/c1-4-8-19(9-5-2)16(3,12-18)11-13-10-14(17)6-7-15(13)20/h6-7,10,20H,4-5,8-9,11H2,1-3H3. The van der Waals surface area contributed by atoms with Gasteiger partial charge in [-0.25, -0.2) is 0 Å². The molecular formula is C16H23ClN2O. The van der Waals surface area contributed by atoms with Gasteiger partial charge in [0.2, 0.25) is 0 Å². The SMILES string of the molecule is CCCN(CCC)C(C)(C#N)Cc1cc(Cl)ccc1O. The third-order valence-electron chi connectivity index (χ3n) is 3.50. The van der Waals surface area contributed by atoms with E-state index in [1.165, 1.54) is 0 Å². The number of phenolic OH excluding ortho intramolecular Hbond substituents is 1. The van der Waals surface area contributed by atoms with Crippen LogP contribution in [-0.2, 0) is 6.42 Å². The zero-order valence-corrected chi connectivity index (χ0v) is 13.2. The van der Waals surface area contributed by atoms with Gasteiger partial charge >= 0.3 is 0 Å². The van der Waals surface area contributed by atoms with Gasteiger partial charge in [-0.3, -0.25) is 4.90 Å². The highest BCUT2D eigenvalue weighted by Crippen LogP contribution is 2.28. The van der Waals surface area contributed by atoms with Crippen molar-refractivity contribution in [1.29, 1.82) is 5.26 Å². The van der Waals surface area contributed by atoms with E-state index in [1.807, 2.05) is 6.92 Å². The van der Waals surface area contributed by atoms with E-state index in [2.05, 4.69) is 24.8 Å². The number of nitriles is 1. The average Bonchev–Trinajstić information content (AvgIpc) is 2.42. The zero-order valence-electron chi connectivity index (χ0n) is 12.5. The highest BCUT2D eigenvalue weighted by molar-refractivity contribution is 6.30. The van der Waals surface area contributed by atoms with Crippen LogP contribution in [0.1, 0.15) is 39.2 Å². The molecule has 0 bridgehead atoms. The van der Waals surface area contributed by atoms with Crippen LogP contribution in [0.4, 0.5) is 0 Å². The maximum absolute atomic E-state index is 9.95. The Morgan fingerprint density at radius 2 is 1.90 bits per heavy atom. The molecule has 0 saturated carbocycles. The van der Waals surface area contributed by atoms with Crippen molar-refractivity contribution < 1.29 is 5.11 Å². The molecule has 110 valence electrons. The molecular weight excluding hydrogens is 272 g/mol. The number of benzene rings is 1. The van der Waals surface area contributed by atoms with Gasteiger partial charge in [0.25, 0.3) is 0 Å². The van der Waals surface area contributed by atoms with Crippen LogP contribution in [-0.4, -0.2) is 28.6 Å². The highest BCUT2D eigenvalue weighted by atomic mass is 35.5. The van der Waals surface area contributed by atoms with Crippen molar-refractivity contribution in [2.45, 2.75) is 45.6 Å². The first-order valence-corrected chi connectivity index (χ1v) is 7.48. The fraction of sp³-hybridized carbons (Fsp3) is 0.562. The molecule has 4 heteroatoms. The Labute approximate surface area is 126 Å². The smallest absolute Gasteiger partial charge is 0.118 e. The number of nitrogens with zero attached hydrogens (tertiary/aromatic N) is 2. The second kappa shape index (κ2) is 7.52. The summed E-state index contributed by atoms with van der Waals surface area (Å²) in [5, 5.41) is 20.2. The van der Waals surface area contributed by atoms with E-state index in [9.17, 15) is 10.4 Å². The van der Waals surface area contributed by atoms with Gasteiger partial charge in [0.1, 0.15) is 11.3 Å². The molecule has 1 rings (SSSR count). The Bertz CT molecular complexity index is 478. The van der Waals surface area contributed by atoms with E-state index in [1.54, 1.807) is 18.2 Å². The third kappa shape index (κ3) is 4.13. The molecule has 0 fully saturated rings. The minimum Gasteiger partial charge on any atom is -0.508 e. The van der Waals surface area contributed by atoms with Gasteiger partial charge < -0.3 is 5.11 Å². The molecule has 1 unspecified atom stereocenters. The Balaban J connectivity index is 3.04. The van der Waals surface area contributed by atoms with Crippen molar-refractivity contribution in [2.75, 3.05) is 13.1 Å². The van der Waals surface area contributed by atoms with E-state index in [-0.39, 0.29) is 5.75 Å². The molecule has 1 atom stereocenters. The summed E-state index contributed by atoms with van der Waals surface area (Å²) in [6, 6.07) is 7.39. The predicted molar refractivity (Wildman–Crippen MR) is 83.0 cm³/mol. The Morgan fingerprint density at radius 1 is 1.30 bits per heavy atom. The van der Waals surface area contributed by atoms with Crippen LogP contribution in [0.2, 0.25) is 5.02 Å². The number of phenols is 1. The second-order valence-electron chi connectivity index (χ2n) is 5.32. The molecule has 0 heterocycles. The van der Waals surface area contributed by atoms with E-state index < -0.39 is 5.54 Å². The zero-order chi connectivity index (χ0) is 15.2. The quantitative estimate of drug-likeness (QED) is 0.827. The maximum atomic E-state index is 9.95. The summed E-state index contributed by atoms with van der Waals surface area (Å²) in [5.74, 6) is 0.198. The number of hydrogen-bond acceptors (Lipinski definition) is 3. The molecule has 0 amide bonds. The van der Waals surface area contributed by atoms with E-state index in [0.717, 1.165) is 31.5 Å². The van der Waals surface area contributed by atoms with Crippen LogP contribution in [0.3, 0.4) is 0 Å². The Morgan fingerprint density at radius 3 is 2.40 bits per heavy atom. The maximum Gasteiger partial charge on any atom is 0.118 e. The molecule has 3 nitrogen and oxygen atoms in total. The lowest BCUT2D eigenvalue weighted by molar-refractivity contribution is 0.151. The van der Waals surface area contributed by atoms with Crippen LogP contribution in [0.5, 0.6) is 5.75 Å². The first-order chi connectivity index (χ1) is 9.46. The normalized spacial score (nSPS) is 14.0. The lowest BCUT2D eigenvalue weighted by Gasteiger charge is -2.36. The number of aromatic hydroxyl groups is 1. The van der Waals surface area contributed by atoms with Gasteiger partial charge in [0, 0.05) is 11.4 Å². The fourth-order valence-electron chi connectivity index (χ4n) is 2.43. The Kier molecular flexibility index (Phi) is 6.32. The fourth-order valence-corrected chi connectivity index (χ4v) is 2.63. The van der Waals surface area contributed by atoms with Crippen molar-refractivity contribution in [2.24, 2.45) is 0 Å². The van der Waals surface area contributed by atoms with Crippen molar-refractivity contribution in [3.05, 3.63) is 28.8 Å². The first-order valence-electron chi connectivity index (χ1n) is 7.10. The van der Waals surface area contributed by atoms with Crippen LogP contribution >= 0.6 is 11.6 Å². The Hall–Kier alpha value is -1.24. The molecule has 0 aliphatic carbocycles. The molecule has 0 spiro atoms. The van der Waals surface area contributed by atoms with Crippen LogP contribution in [0.25, 0.3) is 0 Å². The molecule has 0 aliphatic heterocycles. The van der Waals surface area contributed by atoms with Crippen molar-refractivity contribution in [3.63, 3.8) is 0 Å². The lowest BCUT2D eigenvalue weighted by Crippen LogP contribution is -2.47. The van der Waals surface area contributed by atoms with Crippen LogP contribution in [0.15, 0.2) is 18.2 Å². The third-order valence-corrected chi connectivity index (χ3v) is 3.74. The molecule has 0 aromatic heterocycles. The minimum atomic E-state index is -0.631. The number of halogens is 1. The highest BCUT2D eigenvalue weighted by Gasteiger charge is 2.32. The lowest BCUT2D eigenvalue weighted by atomic mass is 9.91. The average molecular weight is 295 g/mol. The number of hydrogen-bond donors (Lipinski definition) is 1. The predicted octanol–water partition coefficient (Wildman–Crippen LogP) is 3.99. The van der Waals surface area contributed by atoms with Gasteiger partial charge in [-0.15, -0.1) is 0 Å². The van der Waals surface area contributed by atoms with Crippen molar-refractivity contribution >= 4 is 11.6 Å². The number of rotatable bonds is 7. The molecule has 0 aliphatic rings. The van der Waals surface area contributed by atoms with Crippen LogP contribution < -0.4 is 0 Å². The van der Waals surface area contributed by atoms with Gasteiger partial charge in [-0.2, -0.15) is 5.26 Å². The molecule has 0 saturated heterocycles. The van der Waals surface area contributed by atoms with Gasteiger partial charge in [-0.05, 0) is 56.6 Å². The first kappa shape index (κ1) is 16.8. The summed E-state index contributed by atoms with van der Waals surface area (Å²) in [6.07, 6.45) is 2.47. The molecule has 0 radical (unpaired) electrons. The van der Waals surface area contributed by atoms with E-state index in [4.69, 9.17) is 11.6 Å². The largest absolute Gasteiger partial charge is 0.508 e. The summed E-state index contributed by atoms with van der Waals surface area (Å²) in [6.45, 7) is 7.89. The summed E-state index contributed by atoms with van der Waals surface area (Å²) < 4.78 is 0. The minimum absolute atomic E-state index is 0.198. The summed E-state index contributed by atoms with van der Waals surface area (Å²) in [7, 11) is 0. The monoisotopic (exact) mass is 294 g/mol. The topological polar surface area (TPSA) is 47.3 Å². The van der Waals surface area contributed by atoms with Gasteiger partial charge in [0.15, 0.2) is 0 Å². The van der Waals surface area contributed by atoms with Crippen molar-refractivity contribution in [3.8, 4) is 11.8 Å². The molecule has 20 heavy (non-hydrogen) atoms. The second-order valence-corrected chi connectivity index (χ2v) is 5.76.